The molecule has 1 saturated heterocycles. The van der Waals surface area contributed by atoms with Crippen molar-refractivity contribution in [3.8, 4) is 16.2 Å². The minimum Gasteiger partial charge on any atom is -0.493 e. The van der Waals surface area contributed by atoms with Gasteiger partial charge in [0, 0.05) is 53.9 Å². The number of anilines is 1. The predicted octanol–water partition coefficient (Wildman–Crippen LogP) is 6.14. The van der Waals surface area contributed by atoms with Gasteiger partial charge in [-0.15, -0.1) is 11.3 Å². The molecule has 1 fully saturated rings. The van der Waals surface area contributed by atoms with Crippen molar-refractivity contribution < 1.29 is 14.3 Å². The van der Waals surface area contributed by atoms with Crippen LogP contribution in [-0.2, 0) is 16.1 Å². The Kier molecular flexibility index (Phi) is 7.32. The lowest BCUT2D eigenvalue weighted by molar-refractivity contribution is -0.113. The van der Waals surface area contributed by atoms with Crippen LogP contribution in [0.4, 0.5) is 5.69 Å². The molecule has 35 heavy (non-hydrogen) atoms. The summed E-state index contributed by atoms with van der Waals surface area (Å²) in [5, 5.41) is 5.23. The number of hydrogen-bond acceptors (Lipinski definition) is 5. The zero-order valence-corrected chi connectivity index (χ0v) is 21.2. The van der Waals surface area contributed by atoms with E-state index < -0.39 is 0 Å². The summed E-state index contributed by atoms with van der Waals surface area (Å²) < 4.78 is 11.4. The first-order valence-electron chi connectivity index (χ1n) is 12.3. The zero-order valence-electron chi connectivity index (χ0n) is 20.4. The number of fused-ring (bicyclic) bond motifs is 1. The van der Waals surface area contributed by atoms with Gasteiger partial charge in [-0.1, -0.05) is 12.1 Å². The third kappa shape index (κ3) is 5.84. The fraction of sp³-hybridized carbons (Fsp3) is 0.345. The summed E-state index contributed by atoms with van der Waals surface area (Å²) in [6.45, 7) is 5.18. The van der Waals surface area contributed by atoms with Gasteiger partial charge in [0.05, 0.1) is 6.61 Å². The van der Waals surface area contributed by atoms with Crippen LogP contribution < -0.4 is 10.1 Å². The summed E-state index contributed by atoms with van der Waals surface area (Å²) in [5.41, 5.74) is 6.12. The normalized spacial score (nSPS) is 16.3. The van der Waals surface area contributed by atoms with Crippen molar-refractivity contribution in [1.29, 1.82) is 0 Å². The largest absolute Gasteiger partial charge is 0.493 e. The first-order valence-corrected chi connectivity index (χ1v) is 13.1. The number of hydrogen-bond donors (Lipinski definition) is 1. The molecule has 0 aliphatic carbocycles. The molecule has 5 nitrogen and oxygen atoms in total. The molecule has 0 saturated carbocycles. The quantitative estimate of drug-likeness (QED) is 0.453. The number of carbonyl (C=O) groups excluding carboxylic acids is 1. The number of rotatable bonds is 6. The summed E-state index contributed by atoms with van der Waals surface area (Å²) in [6, 6.07) is 17.1. The van der Waals surface area contributed by atoms with Gasteiger partial charge in [-0.25, -0.2) is 0 Å². The first-order chi connectivity index (χ1) is 17.0. The minimum atomic E-state index is -0.0779. The van der Waals surface area contributed by atoms with E-state index in [0.717, 1.165) is 60.7 Å². The standard InChI is InChI=1S/C29H32N2O3S/c1-20-15-28(35-19-20)22-5-8-27-24(16-22)17-23(9-14-34-27)29(32)30-25-6-3-21(4-7-25)18-31(2)26-10-12-33-13-11-26/h3-8,15-17,19,26H,9-14,18H2,1-2H3,(H,30,32). The number of amides is 1. The molecule has 0 spiro atoms. The molecule has 5 rings (SSSR count). The van der Waals surface area contributed by atoms with Gasteiger partial charge < -0.3 is 14.8 Å². The smallest absolute Gasteiger partial charge is 0.251 e. The molecule has 1 amide bonds. The molecule has 2 aromatic carbocycles. The topological polar surface area (TPSA) is 50.8 Å². The highest BCUT2D eigenvalue weighted by atomic mass is 32.1. The molecule has 3 heterocycles. The van der Waals surface area contributed by atoms with Gasteiger partial charge in [-0.3, -0.25) is 9.69 Å². The Hall–Kier alpha value is -2.93. The highest BCUT2D eigenvalue weighted by Gasteiger charge is 2.19. The lowest BCUT2D eigenvalue weighted by Gasteiger charge is -2.31. The van der Waals surface area contributed by atoms with E-state index in [1.54, 1.807) is 11.3 Å². The average Bonchev–Trinajstić information content (AvgIpc) is 3.20. The molecule has 6 heteroatoms. The van der Waals surface area contributed by atoms with Crippen LogP contribution in [0.25, 0.3) is 16.5 Å². The van der Waals surface area contributed by atoms with Crippen molar-refractivity contribution in [3.63, 3.8) is 0 Å². The third-order valence-electron chi connectivity index (χ3n) is 6.73. The van der Waals surface area contributed by atoms with Crippen molar-refractivity contribution in [2.75, 3.05) is 32.2 Å². The third-order valence-corrected chi connectivity index (χ3v) is 7.83. The molecule has 182 valence electrons. The van der Waals surface area contributed by atoms with E-state index in [4.69, 9.17) is 9.47 Å². The van der Waals surface area contributed by atoms with Crippen LogP contribution >= 0.6 is 11.3 Å². The van der Waals surface area contributed by atoms with Gasteiger partial charge in [0.25, 0.3) is 5.91 Å². The number of aryl methyl sites for hydroxylation is 1. The molecule has 2 aliphatic rings. The fourth-order valence-electron chi connectivity index (χ4n) is 4.69. The second-order valence-corrected chi connectivity index (χ2v) is 10.3. The van der Waals surface area contributed by atoms with Crippen LogP contribution in [0.3, 0.4) is 0 Å². The van der Waals surface area contributed by atoms with Gasteiger partial charge in [0.15, 0.2) is 0 Å². The maximum atomic E-state index is 13.1. The second-order valence-electron chi connectivity index (χ2n) is 9.42. The number of carbonyl (C=O) groups is 1. The van der Waals surface area contributed by atoms with Crippen LogP contribution in [0.1, 0.15) is 36.0 Å². The van der Waals surface area contributed by atoms with E-state index in [9.17, 15) is 4.79 Å². The van der Waals surface area contributed by atoms with Crippen LogP contribution in [0.2, 0.25) is 0 Å². The monoisotopic (exact) mass is 488 g/mol. The Balaban J connectivity index is 1.26. The highest BCUT2D eigenvalue weighted by molar-refractivity contribution is 7.13. The van der Waals surface area contributed by atoms with Gasteiger partial charge in [-0.05, 0) is 91.4 Å². The molecular weight excluding hydrogens is 456 g/mol. The fourth-order valence-corrected chi connectivity index (χ4v) is 5.58. The number of benzene rings is 2. The molecule has 0 radical (unpaired) electrons. The molecule has 3 aromatic rings. The van der Waals surface area contributed by atoms with Crippen molar-refractivity contribution >= 4 is 29.0 Å². The lowest BCUT2D eigenvalue weighted by atomic mass is 10.0. The lowest BCUT2D eigenvalue weighted by Crippen LogP contribution is -2.36. The molecule has 2 aliphatic heterocycles. The van der Waals surface area contributed by atoms with Gasteiger partial charge in [0.1, 0.15) is 5.75 Å². The first kappa shape index (κ1) is 23.8. The van der Waals surface area contributed by atoms with Crippen molar-refractivity contribution in [3.05, 3.63) is 76.2 Å². The van der Waals surface area contributed by atoms with E-state index in [1.807, 2.05) is 24.3 Å². The summed E-state index contributed by atoms with van der Waals surface area (Å²) in [4.78, 5) is 16.7. The van der Waals surface area contributed by atoms with Crippen LogP contribution in [0, 0.1) is 6.92 Å². The summed E-state index contributed by atoms with van der Waals surface area (Å²) in [7, 11) is 2.18. The molecule has 0 bridgehead atoms. The Bertz CT molecular complexity index is 1210. The van der Waals surface area contributed by atoms with Crippen molar-refractivity contribution in [2.24, 2.45) is 0 Å². The van der Waals surface area contributed by atoms with Crippen LogP contribution in [0.5, 0.6) is 5.75 Å². The van der Waals surface area contributed by atoms with E-state index in [1.165, 1.54) is 16.0 Å². The molecule has 0 unspecified atom stereocenters. The highest BCUT2D eigenvalue weighted by Crippen LogP contribution is 2.34. The van der Waals surface area contributed by atoms with E-state index >= 15 is 0 Å². The number of thiophene rings is 1. The minimum absolute atomic E-state index is 0.0779. The summed E-state index contributed by atoms with van der Waals surface area (Å²) in [5.74, 6) is 0.744. The number of ether oxygens (including phenoxy) is 2. The van der Waals surface area contributed by atoms with Crippen molar-refractivity contribution in [1.82, 2.24) is 4.90 Å². The average molecular weight is 489 g/mol. The summed E-state index contributed by atoms with van der Waals surface area (Å²) in [6.07, 6.45) is 4.71. The molecular formula is C29H32N2O3S. The predicted molar refractivity (Wildman–Crippen MR) is 143 cm³/mol. The van der Waals surface area contributed by atoms with Gasteiger partial charge in [-0.2, -0.15) is 0 Å². The van der Waals surface area contributed by atoms with Crippen LogP contribution in [0.15, 0.2) is 59.5 Å². The van der Waals surface area contributed by atoms with E-state index in [0.29, 0.717) is 19.1 Å². The number of nitrogens with zero attached hydrogens (tertiary/aromatic N) is 1. The Morgan fingerprint density at radius 3 is 2.63 bits per heavy atom. The molecule has 1 aromatic heterocycles. The zero-order chi connectivity index (χ0) is 24.2. The van der Waals surface area contributed by atoms with Gasteiger partial charge in [0.2, 0.25) is 0 Å². The Morgan fingerprint density at radius 2 is 1.89 bits per heavy atom. The SMILES string of the molecule is Cc1csc(-c2ccc3c(c2)C=C(C(=O)Nc2ccc(CN(C)C4CCOCC4)cc2)CCO3)c1. The molecule has 0 atom stereocenters. The Morgan fingerprint density at radius 1 is 1.09 bits per heavy atom. The maximum Gasteiger partial charge on any atom is 0.251 e. The van der Waals surface area contributed by atoms with Gasteiger partial charge >= 0.3 is 0 Å². The van der Waals surface area contributed by atoms with E-state index in [-0.39, 0.29) is 5.91 Å². The summed E-state index contributed by atoms with van der Waals surface area (Å²) >= 11 is 1.73. The Labute approximate surface area is 211 Å². The number of nitrogens with one attached hydrogen (secondary N) is 1. The molecule has 1 N–H and O–H groups in total. The second kappa shape index (κ2) is 10.8. The van der Waals surface area contributed by atoms with Crippen LogP contribution in [-0.4, -0.2) is 43.7 Å². The van der Waals surface area contributed by atoms with Crippen molar-refractivity contribution in [2.45, 2.75) is 38.8 Å². The maximum absolute atomic E-state index is 13.1. The van der Waals surface area contributed by atoms with E-state index in [2.05, 4.69) is 59.9 Å².